The maximum absolute atomic E-state index is 12.2. The largest absolute Gasteiger partial charge is 0.481 e. The molecule has 3 N–H and O–H groups in total. The van der Waals surface area contributed by atoms with Crippen molar-refractivity contribution in [3.05, 3.63) is 36.4 Å². The molecule has 0 radical (unpaired) electrons. The minimum absolute atomic E-state index is 0.146. The van der Waals surface area contributed by atoms with E-state index >= 15 is 0 Å². The number of carbonyl (C=O) groups excluding carboxylic acids is 1. The molecule has 0 bridgehead atoms. The van der Waals surface area contributed by atoms with Crippen molar-refractivity contribution in [2.45, 2.75) is 6.42 Å². The van der Waals surface area contributed by atoms with E-state index in [2.05, 4.69) is 20.5 Å². The Morgan fingerprint density at radius 2 is 1.96 bits per heavy atom. The van der Waals surface area contributed by atoms with Crippen LogP contribution in [-0.2, 0) is 4.79 Å². The van der Waals surface area contributed by atoms with Crippen molar-refractivity contribution in [1.29, 1.82) is 0 Å². The second-order valence-electron chi connectivity index (χ2n) is 4.44. The summed E-state index contributed by atoms with van der Waals surface area (Å²) in [6.07, 6.45) is 5.08. The predicted molar refractivity (Wildman–Crippen MR) is 91.3 cm³/mol. The number of pyridine rings is 1. The van der Waals surface area contributed by atoms with Crippen LogP contribution in [0.2, 0.25) is 0 Å². The molecule has 0 aromatic carbocycles. The van der Waals surface area contributed by atoms with Gasteiger partial charge in [-0.1, -0.05) is 21.6 Å². The number of carboxylic acid groups (broad SMARTS) is 1. The van der Waals surface area contributed by atoms with E-state index in [1.807, 2.05) is 12.1 Å². The van der Waals surface area contributed by atoms with Crippen LogP contribution in [0.15, 0.2) is 30.7 Å². The Hall–Kier alpha value is -2.00. The number of aliphatic carboxylic acids is 1. The Morgan fingerprint density at radius 1 is 1.22 bits per heavy atom. The zero-order chi connectivity index (χ0) is 16.5. The van der Waals surface area contributed by atoms with Crippen molar-refractivity contribution < 1.29 is 14.7 Å². The number of rotatable bonds is 9. The van der Waals surface area contributed by atoms with Crippen LogP contribution in [0.25, 0.3) is 11.1 Å². The predicted octanol–water partition coefficient (Wildman–Crippen LogP) is 2.06. The lowest BCUT2D eigenvalue weighted by molar-refractivity contribution is -0.136. The molecular formula is C14H16N4O3S2. The highest BCUT2D eigenvalue weighted by molar-refractivity contribution is 8.76. The highest BCUT2D eigenvalue weighted by Gasteiger charge is 2.14. The van der Waals surface area contributed by atoms with Crippen LogP contribution < -0.4 is 5.32 Å². The van der Waals surface area contributed by atoms with Crippen molar-refractivity contribution in [3.63, 3.8) is 0 Å². The number of aromatic amines is 1. The summed E-state index contributed by atoms with van der Waals surface area (Å²) >= 11 is 0. The molecule has 0 aliphatic carbocycles. The first kappa shape index (κ1) is 17.4. The van der Waals surface area contributed by atoms with Crippen LogP contribution in [0.4, 0.5) is 0 Å². The number of hydrogen-bond donors (Lipinski definition) is 3. The van der Waals surface area contributed by atoms with Crippen LogP contribution in [0.1, 0.15) is 16.9 Å². The van der Waals surface area contributed by atoms with Crippen LogP contribution in [-0.4, -0.2) is 50.2 Å². The summed E-state index contributed by atoms with van der Waals surface area (Å²) in [5.74, 6) is 0.245. The van der Waals surface area contributed by atoms with Crippen LogP contribution in [0, 0.1) is 0 Å². The summed E-state index contributed by atoms with van der Waals surface area (Å²) in [6.45, 7) is 0.498. The van der Waals surface area contributed by atoms with Crippen molar-refractivity contribution in [2.75, 3.05) is 18.1 Å². The topological polar surface area (TPSA) is 108 Å². The quantitative estimate of drug-likeness (QED) is 0.468. The average Bonchev–Trinajstić information content (AvgIpc) is 3.04. The highest BCUT2D eigenvalue weighted by atomic mass is 33.1. The molecule has 0 aliphatic rings. The molecule has 0 aliphatic heterocycles. The molecule has 9 heteroatoms. The van der Waals surface area contributed by atoms with Gasteiger partial charge in [-0.05, 0) is 17.7 Å². The van der Waals surface area contributed by atoms with E-state index in [0.29, 0.717) is 23.7 Å². The van der Waals surface area contributed by atoms with E-state index in [1.165, 1.54) is 21.6 Å². The van der Waals surface area contributed by atoms with Gasteiger partial charge in [-0.3, -0.25) is 19.7 Å². The Balaban J connectivity index is 1.77. The smallest absolute Gasteiger partial charge is 0.304 e. The first-order valence-corrected chi connectivity index (χ1v) is 9.35. The second kappa shape index (κ2) is 9.21. The Kier molecular flexibility index (Phi) is 6.95. The van der Waals surface area contributed by atoms with Gasteiger partial charge in [0.25, 0.3) is 5.91 Å². The molecule has 7 nitrogen and oxygen atoms in total. The van der Waals surface area contributed by atoms with Gasteiger partial charge in [0.05, 0.1) is 12.6 Å². The molecule has 0 fully saturated rings. The van der Waals surface area contributed by atoms with E-state index in [9.17, 15) is 9.59 Å². The number of nitrogens with one attached hydrogen (secondary N) is 2. The van der Waals surface area contributed by atoms with Crippen LogP contribution in [0.5, 0.6) is 0 Å². The van der Waals surface area contributed by atoms with Gasteiger partial charge in [-0.2, -0.15) is 5.10 Å². The summed E-state index contributed by atoms with van der Waals surface area (Å²) in [5.41, 5.74) is 2.02. The third-order valence-corrected chi connectivity index (χ3v) is 5.22. The van der Waals surface area contributed by atoms with Gasteiger partial charge < -0.3 is 10.4 Å². The molecule has 0 atom stereocenters. The third-order valence-electron chi connectivity index (χ3n) is 2.81. The Labute approximate surface area is 141 Å². The molecule has 23 heavy (non-hydrogen) atoms. The summed E-state index contributed by atoms with van der Waals surface area (Å²) < 4.78 is 0. The van der Waals surface area contributed by atoms with Gasteiger partial charge in [0, 0.05) is 36.0 Å². The number of aromatic nitrogens is 3. The van der Waals surface area contributed by atoms with Crippen molar-refractivity contribution in [3.8, 4) is 11.1 Å². The molecule has 2 rings (SSSR count). The summed E-state index contributed by atoms with van der Waals surface area (Å²) in [4.78, 5) is 26.5. The molecule has 0 saturated carbocycles. The number of carboxylic acids is 1. The molecule has 1 amide bonds. The maximum Gasteiger partial charge on any atom is 0.304 e. The fourth-order valence-corrected chi connectivity index (χ4v) is 3.64. The fourth-order valence-electron chi connectivity index (χ4n) is 1.75. The summed E-state index contributed by atoms with van der Waals surface area (Å²) in [7, 11) is 3.03. The molecule has 122 valence electrons. The first-order valence-electron chi connectivity index (χ1n) is 6.86. The van der Waals surface area contributed by atoms with Crippen LogP contribution in [0.3, 0.4) is 0 Å². The summed E-state index contributed by atoms with van der Waals surface area (Å²) in [5, 5.41) is 18.0. The second-order valence-corrected chi connectivity index (χ2v) is 7.14. The molecule has 2 heterocycles. The van der Waals surface area contributed by atoms with Gasteiger partial charge in [-0.15, -0.1) is 0 Å². The normalized spacial score (nSPS) is 10.4. The lowest BCUT2D eigenvalue weighted by Crippen LogP contribution is -2.26. The minimum Gasteiger partial charge on any atom is -0.481 e. The third kappa shape index (κ3) is 5.61. The Morgan fingerprint density at radius 3 is 2.70 bits per heavy atom. The Bertz CT molecular complexity index is 648. The number of nitrogens with zero attached hydrogens (tertiary/aromatic N) is 2. The zero-order valence-corrected chi connectivity index (χ0v) is 13.8. The highest BCUT2D eigenvalue weighted by Crippen LogP contribution is 2.22. The van der Waals surface area contributed by atoms with E-state index in [0.717, 1.165) is 11.1 Å². The fraction of sp³-hybridized carbons (Fsp3) is 0.286. The van der Waals surface area contributed by atoms with Crippen molar-refractivity contribution in [2.24, 2.45) is 0 Å². The summed E-state index contributed by atoms with van der Waals surface area (Å²) in [6, 6.07) is 3.63. The van der Waals surface area contributed by atoms with Crippen molar-refractivity contribution >= 4 is 33.5 Å². The number of amides is 1. The van der Waals surface area contributed by atoms with Gasteiger partial charge in [-0.25, -0.2) is 0 Å². The molecule has 0 unspecified atom stereocenters. The van der Waals surface area contributed by atoms with Gasteiger partial charge >= 0.3 is 5.97 Å². The van der Waals surface area contributed by atoms with Gasteiger partial charge in [0.15, 0.2) is 0 Å². The lowest BCUT2D eigenvalue weighted by Gasteiger charge is -2.05. The average molecular weight is 352 g/mol. The first-order chi connectivity index (χ1) is 11.2. The van der Waals surface area contributed by atoms with Crippen molar-refractivity contribution in [1.82, 2.24) is 20.5 Å². The van der Waals surface area contributed by atoms with Crippen LogP contribution >= 0.6 is 21.6 Å². The molecule has 2 aromatic heterocycles. The SMILES string of the molecule is O=C(O)CCSSCCNC(=O)c1[nH]ncc1-c1ccncc1. The standard InChI is InChI=1S/C14H16N4O3S2/c19-12(20)3-7-22-23-8-6-16-14(21)13-11(9-17-18-13)10-1-4-15-5-2-10/h1-2,4-5,9H,3,6-8H2,(H,16,21)(H,17,18)(H,19,20). The van der Waals surface area contributed by atoms with E-state index in [-0.39, 0.29) is 12.3 Å². The lowest BCUT2D eigenvalue weighted by atomic mass is 10.1. The molecule has 2 aromatic rings. The molecular weight excluding hydrogens is 336 g/mol. The molecule has 0 spiro atoms. The van der Waals surface area contributed by atoms with E-state index < -0.39 is 5.97 Å². The zero-order valence-electron chi connectivity index (χ0n) is 12.2. The molecule has 0 saturated heterocycles. The maximum atomic E-state index is 12.2. The number of H-pyrrole nitrogens is 1. The van der Waals surface area contributed by atoms with Gasteiger partial charge in [0.2, 0.25) is 0 Å². The van der Waals surface area contributed by atoms with E-state index in [1.54, 1.807) is 18.6 Å². The number of carbonyl (C=O) groups is 2. The monoisotopic (exact) mass is 352 g/mol. The van der Waals surface area contributed by atoms with E-state index in [4.69, 9.17) is 5.11 Å². The van der Waals surface area contributed by atoms with Gasteiger partial charge in [0.1, 0.15) is 5.69 Å². The number of hydrogen-bond acceptors (Lipinski definition) is 6. The minimum atomic E-state index is -0.797.